The predicted octanol–water partition coefficient (Wildman–Crippen LogP) is 8.98. The van der Waals surface area contributed by atoms with Crippen LogP contribution in [0.4, 0.5) is 13.2 Å². The summed E-state index contributed by atoms with van der Waals surface area (Å²) in [6.45, 7) is 5.31. The maximum absolute atomic E-state index is 14.9. The highest BCUT2D eigenvalue weighted by atomic mass is 19.2. The SMILES string of the molecule is CCCCOc1ccc(C2CCC(OCc3ccc(-c4ccc(OCCC)cc4)c(F)c3F)CC2)c(F)c1. The van der Waals surface area contributed by atoms with Crippen LogP contribution in [-0.2, 0) is 11.3 Å². The minimum Gasteiger partial charge on any atom is -0.494 e. The van der Waals surface area contributed by atoms with Crippen molar-refractivity contribution < 1.29 is 27.4 Å². The molecule has 204 valence electrons. The first kappa shape index (κ1) is 28.0. The largest absolute Gasteiger partial charge is 0.494 e. The van der Waals surface area contributed by atoms with E-state index in [1.807, 2.05) is 19.1 Å². The van der Waals surface area contributed by atoms with Crippen LogP contribution in [0.2, 0.25) is 0 Å². The summed E-state index contributed by atoms with van der Waals surface area (Å²) < 4.78 is 61.6. The molecule has 0 aromatic heterocycles. The van der Waals surface area contributed by atoms with Gasteiger partial charge in [-0.2, -0.15) is 0 Å². The second-order valence-electron chi connectivity index (χ2n) is 9.94. The van der Waals surface area contributed by atoms with Crippen molar-refractivity contribution in [3.05, 3.63) is 83.2 Å². The van der Waals surface area contributed by atoms with Gasteiger partial charge in [-0.25, -0.2) is 13.2 Å². The van der Waals surface area contributed by atoms with Crippen LogP contribution in [0, 0.1) is 17.5 Å². The van der Waals surface area contributed by atoms with E-state index in [0.717, 1.165) is 44.9 Å². The molecular weight excluding hydrogens is 489 g/mol. The van der Waals surface area contributed by atoms with Gasteiger partial charge in [0, 0.05) is 17.2 Å². The third-order valence-corrected chi connectivity index (χ3v) is 7.13. The van der Waals surface area contributed by atoms with Crippen molar-refractivity contribution in [1.29, 1.82) is 0 Å². The Balaban J connectivity index is 1.30. The Morgan fingerprint density at radius 1 is 0.737 bits per heavy atom. The van der Waals surface area contributed by atoms with Crippen molar-refractivity contribution in [2.75, 3.05) is 13.2 Å². The second kappa shape index (κ2) is 13.7. The fourth-order valence-corrected chi connectivity index (χ4v) is 4.89. The van der Waals surface area contributed by atoms with Crippen LogP contribution < -0.4 is 9.47 Å². The van der Waals surface area contributed by atoms with Gasteiger partial charge in [-0.05, 0) is 73.8 Å². The lowest BCUT2D eigenvalue weighted by Gasteiger charge is -2.29. The van der Waals surface area contributed by atoms with Gasteiger partial charge in [-0.15, -0.1) is 0 Å². The molecule has 1 saturated carbocycles. The van der Waals surface area contributed by atoms with Gasteiger partial charge in [0.25, 0.3) is 0 Å². The summed E-state index contributed by atoms with van der Waals surface area (Å²) in [5.74, 6) is -0.612. The molecule has 0 radical (unpaired) electrons. The zero-order valence-electron chi connectivity index (χ0n) is 22.3. The lowest BCUT2D eigenvalue weighted by atomic mass is 9.82. The predicted molar refractivity (Wildman–Crippen MR) is 144 cm³/mol. The second-order valence-corrected chi connectivity index (χ2v) is 9.94. The van der Waals surface area contributed by atoms with Crippen LogP contribution in [0.1, 0.15) is 75.8 Å². The molecule has 3 aromatic rings. The van der Waals surface area contributed by atoms with Crippen molar-refractivity contribution >= 4 is 0 Å². The summed E-state index contributed by atoms with van der Waals surface area (Å²) in [5.41, 5.74) is 1.70. The van der Waals surface area contributed by atoms with Gasteiger partial charge in [0.05, 0.1) is 25.9 Å². The molecule has 6 heteroatoms. The first-order chi connectivity index (χ1) is 18.5. The first-order valence-corrected chi connectivity index (χ1v) is 13.7. The molecule has 0 N–H and O–H groups in total. The van der Waals surface area contributed by atoms with E-state index in [-0.39, 0.29) is 35.6 Å². The number of benzene rings is 3. The first-order valence-electron chi connectivity index (χ1n) is 13.7. The van der Waals surface area contributed by atoms with Gasteiger partial charge in [0.2, 0.25) is 0 Å². The molecule has 0 unspecified atom stereocenters. The fraction of sp³-hybridized carbons (Fsp3) is 0.438. The Hall–Kier alpha value is -2.99. The van der Waals surface area contributed by atoms with E-state index in [2.05, 4.69) is 6.92 Å². The van der Waals surface area contributed by atoms with E-state index in [4.69, 9.17) is 14.2 Å². The summed E-state index contributed by atoms with van der Waals surface area (Å²) in [4.78, 5) is 0. The van der Waals surface area contributed by atoms with E-state index in [1.165, 1.54) is 6.07 Å². The van der Waals surface area contributed by atoms with Crippen molar-refractivity contribution in [3.63, 3.8) is 0 Å². The van der Waals surface area contributed by atoms with Gasteiger partial charge < -0.3 is 14.2 Å². The summed E-state index contributed by atoms with van der Waals surface area (Å²) in [6.07, 6.45) is 5.86. The molecule has 4 rings (SSSR count). The molecule has 0 amide bonds. The van der Waals surface area contributed by atoms with E-state index >= 15 is 0 Å². The molecular formula is C32H37F3O3. The van der Waals surface area contributed by atoms with Gasteiger partial charge in [-0.3, -0.25) is 0 Å². The maximum Gasteiger partial charge on any atom is 0.167 e. The molecule has 0 aliphatic heterocycles. The molecule has 3 aromatic carbocycles. The molecule has 0 heterocycles. The highest BCUT2D eigenvalue weighted by Gasteiger charge is 2.26. The monoisotopic (exact) mass is 526 g/mol. The molecule has 0 bridgehead atoms. The summed E-state index contributed by atoms with van der Waals surface area (Å²) in [7, 11) is 0. The summed E-state index contributed by atoms with van der Waals surface area (Å²) in [6, 6.07) is 15.3. The molecule has 0 spiro atoms. The standard InChI is InChI=1S/C32H37F3O3/c1-3-5-19-37-27-15-17-28(30(33)20-27)22-6-13-26(14-7-22)38-21-24-10-16-29(32(35)31(24)34)23-8-11-25(12-9-23)36-18-4-2/h8-12,15-17,20,22,26H,3-7,13-14,18-19,21H2,1-2H3. The maximum atomic E-state index is 14.9. The van der Waals surface area contributed by atoms with Gasteiger partial charge >= 0.3 is 0 Å². The van der Waals surface area contributed by atoms with Crippen molar-refractivity contribution in [3.8, 4) is 22.6 Å². The van der Waals surface area contributed by atoms with Gasteiger partial charge in [0.15, 0.2) is 11.6 Å². The Labute approximate surface area is 223 Å². The Morgan fingerprint density at radius 3 is 2.13 bits per heavy atom. The number of ether oxygens (including phenoxy) is 3. The van der Waals surface area contributed by atoms with E-state index in [1.54, 1.807) is 36.4 Å². The van der Waals surface area contributed by atoms with Crippen LogP contribution in [-0.4, -0.2) is 19.3 Å². The van der Waals surface area contributed by atoms with Crippen molar-refractivity contribution in [2.24, 2.45) is 0 Å². The summed E-state index contributed by atoms with van der Waals surface area (Å²) >= 11 is 0. The number of hydrogen-bond acceptors (Lipinski definition) is 3. The molecule has 38 heavy (non-hydrogen) atoms. The van der Waals surface area contributed by atoms with Crippen molar-refractivity contribution in [1.82, 2.24) is 0 Å². The van der Waals surface area contributed by atoms with Crippen LogP contribution in [0.5, 0.6) is 11.5 Å². The lowest BCUT2D eigenvalue weighted by Crippen LogP contribution is -2.21. The van der Waals surface area contributed by atoms with Gasteiger partial charge in [0.1, 0.15) is 17.3 Å². The van der Waals surface area contributed by atoms with E-state index in [9.17, 15) is 13.2 Å². The third-order valence-electron chi connectivity index (χ3n) is 7.13. The smallest absolute Gasteiger partial charge is 0.167 e. The topological polar surface area (TPSA) is 27.7 Å². The molecule has 1 aliphatic rings. The van der Waals surface area contributed by atoms with Crippen LogP contribution in [0.15, 0.2) is 54.6 Å². The number of unbranched alkanes of at least 4 members (excludes halogenated alkanes) is 1. The van der Waals surface area contributed by atoms with Crippen LogP contribution >= 0.6 is 0 Å². The number of rotatable bonds is 12. The quantitative estimate of drug-likeness (QED) is 0.220. The Kier molecular flexibility index (Phi) is 10.1. The number of halogens is 3. The van der Waals surface area contributed by atoms with Crippen LogP contribution in [0.25, 0.3) is 11.1 Å². The normalized spacial score (nSPS) is 17.4. The lowest BCUT2D eigenvalue weighted by molar-refractivity contribution is 0.0117. The van der Waals surface area contributed by atoms with Crippen LogP contribution in [0.3, 0.4) is 0 Å². The minimum atomic E-state index is -0.884. The fourth-order valence-electron chi connectivity index (χ4n) is 4.89. The van der Waals surface area contributed by atoms with E-state index < -0.39 is 11.6 Å². The van der Waals surface area contributed by atoms with E-state index in [0.29, 0.717) is 35.8 Å². The average Bonchev–Trinajstić information content (AvgIpc) is 2.94. The Morgan fingerprint density at radius 2 is 1.45 bits per heavy atom. The minimum absolute atomic E-state index is 0.000317. The molecule has 0 saturated heterocycles. The molecule has 1 fully saturated rings. The molecule has 1 aliphatic carbocycles. The van der Waals surface area contributed by atoms with Gasteiger partial charge in [-0.1, -0.05) is 50.6 Å². The van der Waals surface area contributed by atoms with Crippen molar-refractivity contribution in [2.45, 2.75) is 77.4 Å². The average molecular weight is 527 g/mol. The highest BCUT2D eigenvalue weighted by Crippen LogP contribution is 2.37. The molecule has 3 nitrogen and oxygen atoms in total. The zero-order valence-corrected chi connectivity index (χ0v) is 22.3. The highest BCUT2D eigenvalue weighted by molar-refractivity contribution is 5.65. The zero-order chi connectivity index (χ0) is 26.9. The Bertz CT molecular complexity index is 1170. The third kappa shape index (κ3) is 7.10. The number of hydrogen-bond donors (Lipinski definition) is 0. The molecule has 0 atom stereocenters. The summed E-state index contributed by atoms with van der Waals surface area (Å²) in [5, 5.41) is 0.